The fourth-order valence-corrected chi connectivity index (χ4v) is 3.28. The van der Waals surface area contributed by atoms with Gasteiger partial charge in [0.1, 0.15) is 0 Å². The zero-order valence-corrected chi connectivity index (χ0v) is 11.8. The second kappa shape index (κ2) is 5.60. The van der Waals surface area contributed by atoms with Gasteiger partial charge in [-0.3, -0.25) is 4.79 Å². The maximum atomic E-state index is 11.9. The average molecular weight is 281 g/mol. The van der Waals surface area contributed by atoms with Crippen molar-refractivity contribution in [2.75, 3.05) is 5.32 Å². The Hall–Kier alpha value is -2.29. The van der Waals surface area contributed by atoms with Crippen LogP contribution in [0.15, 0.2) is 60.7 Å². The summed E-state index contributed by atoms with van der Waals surface area (Å²) in [5.74, 6) is -0.717. The zero-order valence-electron chi connectivity index (χ0n) is 11.8. The Morgan fingerprint density at radius 1 is 1.05 bits per heavy atom. The van der Waals surface area contributed by atoms with Crippen molar-refractivity contribution in [1.82, 2.24) is 0 Å². The molecule has 1 aliphatic rings. The molecule has 0 aliphatic heterocycles. The van der Waals surface area contributed by atoms with E-state index in [-0.39, 0.29) is 6.04 Å². The smallest absolute Gasteiger partial charge is 0.314 e. The van der Waals surface area contributed by atoms with Gasteiger partial charge in [0.25, 0.3) is 0 Å². The molecule has 0 heterocycles. The Morgan fingerprint density at radius 2 is 1.67 bits per heavy atom. The van der Waals surface area contributed by atoms with Gasteiger partial charge >= 0.3 is 5.97 Å². The van der Waals surface area contributed by atoms with E-state index in [0.29, 0.717) is 12.8 Å². The molecule has 3 nitrogen and oxygen atoms in total. The number of hydrogen-bond acceptors (Lipinski definition) is 2. The number of para-hydroxylation sites is 1. The van der Waals surface area contributed by atoms with E-state index in [1.807, 2.05) is 60.7 Å². The van der Waals surface area contributed by atoms with Crippen LogP contribution in [0.3, 0.4) is 0 Å². The lowest BCUT2D eigenvalue weighted by molar-refractivity contribution is -0.143. The van der Waals surface area contributed by atoms with Gasteiger partial charge in [-0.25, -0.2) is 0 Å². The van der Waals surface area contributed by atoms with Gasteiger partial charge in [0.05, 0.1) is 5.41 Å². The average Bonchev–Trinajstić information content (AvgIpc) is 2.94. The third-order valence-electron chi connectivity index (χ3n) is 4.39. The second-order valence-electron chi connectivity index (χ2n) is 5.70. The number of carboxylic acids is 1. The summed E-state index contributed by atoms with van der Waals surface area (Å²) in [6.45, 7) is 0. The quantitative estimate of drug-likeness (QED) is 0.899. The Kier molecular flexibility index (Phi) is 3.65. The number of carboxylic acid groups (broad SMARTS) is 1. The SMILES string of the molecule is O=C(O)[C@]1(c2ccccc2)CC[C@H](Nc2ccccc2)C1. The van der Waals surface area contributed by atoms with Gasteiger partial charge in [0.2, 0.25) is 0 Å². The summed E-state index contributed by atoms with van der Waals surface area (Å²) < 4.78 is 0. The van der Waals surface area contributed by atoms with Gasteiger partial charge in [-0.15, -0.1) is 0 Å². The van der Waals surface area contributed by atoms with E-state index in [4.69, 9.17) is 0 Å². The van der Waals surface area contributed by atoms with Crippen molar-refractivity contribution in [2.24, 2.45) is 0 Å². The Labute approximate surface area is 124 Å². The Morgan fingerprint density at radius 3 is 2.29 bits per heavy atom. The van der Waals surface area contributed by atoms with Crippen LogP contribution in [0.1, 0.15) is 24.8 Å². The summed E-state index contributed by atoms with van der Waals surface area (Å²) in [7, 11) is 0. The van der Waals surface area contributed by atoms with Crippen LogP contribution in [-0.2, 0) is 10.2 Å². The lowest BCUT2D eigenvalue weighted by Crippen LogP contribution is -2.34. The van der Waals surface area contributed by atoms with Gasteiger partial charge in [0.15, 0.2) is 0 Å². The first kappa shape index (κ1) is 13.7. The Bertz CT molecular complexity index is 612. The minimum absolute atomic E-state index is 0.198. The molecule has 2 atom stereocenters. The summed E-state index contributed by atoms with van der Waals surface area (Å²) in [5.41, 5.74) is 1.21. The minimum atomic E-state index is -0.756. The van der Waals surface area contributed by atoms with Crippen LogP contribution in [-0.4, -0.2) is 17.1 Å². The van der Waals surface area contributed by atoms with Crippen molar-refractivity contribution in [1.29, 1.82) is 0 Å². The fraction of sp³-hybridized carbons (Fsp3) is 0.278. The summed E-state index contributed by atoms with van der Waals surface area (Å²) in [5, 5.41) is 13.2. The molecule has 0 unspecified atom stereocenters. The highest BCUT2D eigenvalue weighted by Gasteiger charge is 2.46. The summed E-state index contributed by atoms with van der Waals surface area (Å²) in [6.07, 6.45) is 2.17. The van der Waals surface area contributed by atoms with Crippen LogP contribution in [0.25, 0.3) is 0 Å². The standard InChI is InChI=1S/C18H19NO2/c20-17(21)18(14-7-3-1-4-8-14)12-11-16(13-18)19-15-9-5-2-6-10-15/h1-10,16,19H,11-13H2,(H,20,21)/t16-,18+/m0/s1. The molecule has 0 radical (unpaired) electrons. The molecule has 1 saturated carbocycles. The van der Waals surface area contributed by atoms with Gasteiger partial charge in [-0.2, -0.15) is 0 Å². The maximum Gasteiger partial charge on any atom is 0.314 e. The fourth-order valence-electron chi connectivity index (χ4n) is 3.28. The van der Waals surface area contributed by atoms with Crippen LogP contribution in [0, 0.1) is 0 Å². The molecule has 1 aliphatic carbocycles. The molecular formula is C18H19NO2. The van der Waals surface area contributed by atoms with Crippen molar-refractivity contribution >= 4 is 11.7 Å². The molecule has 1 fully saturated rings. The zero-order chi connectivity index (χ0) is 14.7. The van der Waals surface area contributed by atoms with Crippen LogP contribution in [0.2, 0.25) is 0 Å². The first-order chi connectivity index (χ1) is 10.2. The number of aliphatic carboxylic acids is 1. The van der Waals surface area contributed by atoms with E-state index in [2.05, 4.69) is 5.32 Å². The van der Waals surface area contributed by atoms with Crippen molar-refractivity contribution in [3.8, 4) is 0 Å². The Balaban J connectivity index is 1.81. The van der Waals surface area contributed by atoms with E-state index >= 15 is 0 Å². The van der Waals surface area contributed by atoms with E-state index in [0.717, 1.165) is 17.7 Å². The number of benzene rings is 2. The first-order valence-corrected chi connectivity index (χ1v) is 7.31. The third kappa shape index (κ3) is 2.64. The van der Waals surface area contributed by atoms with Gasteiger partial charge in [0, 0.05) is 11.7 Å². The molecule has 3 rings (SSSR count). The monoisotopic (exact) mass is 281 g/mol. The maximum absolute atomic E-state index is 11.9. The minimum Gasteiger partial charge on any atom is -0.481 e. The van der Waals surface area contributed by atoms with Crippen molar-refractivity contribution in [3.05, 3.63) is 66.2 Å². The molecule has 0 saturated heterocycles. The molecule has 0 aromatic heterocycles. The lowest BCUT2D eigenvalue weighted by Gasteiger charge is -2.25. The number of carbonyl (C=O) groups is 1. The molecular weight excluding hydrogens is 262 g/mol. The lowest BCUT2D eigenvalue weighted by atomic mass is 9.79. The molecule has 2 aromatic rings. The predicted molar refractivity (Wildman–Crippen MR) is 83.5 cm³/mol. The van der Waals surface area contributed by atoms with Crippen molar-refractivity contribution < 1.29 is 9.90 Å². The molecule has 0 spiro atoms. The van der Waals surface area contributed by atoms with Crippen molar-refractivity contribution in [2.45, 2.75) is 30.7 Å². The van der Waals surface area contributed by atoms with Crippen LogP contribution < -0.4 is 5.32 Å². The number of anilines is 1. The van der Waals surface area contributed by atoms with E-state index in [9.17, 15) is 9.90 Å². The van der Waals surface area contributed by atoms with E-state index in [1.54, 1.807) is 0 Å². The molecule has 108 valence electrons. The van der Waals surface area contributed by atoms with Gasteiger partial charge in [-0.1, -0.05) is 48.5 Å². The van der Waals surface area contributed by atoms with Crippen molar-refractivity contribution in [3.63, 3.8) is 0 Å². The van der Waals surface area contributed by atoms with Crippen LogP contribution >= 0.6 is 0 Å². The summed E-state index contributed by atoms with van der Waals surface area (Å²) >= 11 is 0. The molecule has 2 aromatic carbocycles. The number of hydrogen-bond donors (Lipinski definition) is 2. The molecule has 3 heteroatoms. The molecule has 2 N–H and O–H groups in total. The largest absolute Gasteiger partial charge is 0.481 e. The van der Waals surface area contributed by atoms with Gasteiger partial charge in [-0.05, 0) is 37.0 Å². The predicted octanol–water partition coefficient (Wildman–Crippen LogP) is 3.67. The van der Waals surface area contributed by atoms with Crippen LogP contribution in [0.5, 0.6) is 0 Å². The highest BCUT2D eigenvalue weighted by Crippen LogP contribution is 2.42. The van der Waals surface area contributed by atoms with Gasteiger partial charge < -0.3 is 10.4 Å². The summed E-state index contributed by atoms with van der Waals surface area (Å²) in [4.78, 5) is 11.9. The molecule has 21 heavy (non-hydrogen) atoms. The normalized spacial score (nSPS) is 24.7. The topological polar surface area (TPSA) is 49.3 Å². The molecule has 0 amide bonds. The third-order valence-corrected chi connectivity index (χ3v) is 4.39. The van der Waals surface area contributed by atoms with E-state index in [1.165, 1.54) is 0 Å². The highest BCUT2D eigenvalue weighted by atomic mass is 16.4. The number of rotatable bonds is 4. The first-order valence-electron chi connectivity index (χ1n) is 7.31. The number of nitrogens with one attached hydrogen (secondary N) is 1. The summed E-state index contributed by atoms with van der Waals surface area (Å²) in [6, 6.07) is 19.8. The second-order valence-corrected chi connectivity index (χ2v) is 5.70. The molecule has 0 bridgehead atoms. The van der Waals surface area contributed by atoms with E-state index < -0.39 is 11.4 Å². The highest BCUT2D eigenvalue weighted by molar-refractivity contribution is 5.82. The van der Waals surface area contributed by atoms with Crippen LogP contribution in [0.4, 0.5) is 5.69 Å².